The van der Waals surface area contributed by atoms with Crippen molar-refractivity contribution in [2.24, 2.45) is 0 Å². The lowest BCUT2D eigenvalue weighted by Gasteiger charge is -2.21. The number of rotatable bonds is 4. The van der Waals surface area contributed by atoms with Crippen LogP contribution >= 0.6 is 0 Å². The number of hydrogen-bond donors (Lipinski definition) is 0. The molecular weight excluding hydrogens is 204 g/mol. The Balaban J connectivity index is 2.29. The molecule has 1 unspecified atom stereocenters. The van der Waals surface area contributed by atoms with Crippen LogP contribution in [0.5, 0.6) is 5.75 Å². The Hall–Kier alpha value is -1.06. The van der Waals surface area contributed by atoms with Crippen LogP contribution in [0.2, 0.25) is 0 Å². The first-order chi connectivity index (χ1) is 7.80. The number of aryl methyl sites for hydroxylation is 1. The van der Waals surface area contributed by atoms with E-state index in [1.54, 1.807) is 21.3 Å². The molecule has 2 rings (SSSR count). The van der Waals surface area contributed by atoms with Crippen LogP contribution in [0.4, 0.5) is 0 Å². The average Bonchev–Trinajstić information content (AvgIpc) is 2.74. The van der Waals surface area contributed by atoms with Gasteiger partial charge in [-0.05, 0) is 36.1 Å². The van der Waals surface area contributed by atoms with Gasteiger partial charge in [-0.3, -0.25) is 0 Å². The summed E-state index contributed by atoms with van der Waals surface area (Å²) in [4.78, 5) is 0. The highest BCUT2D eigenvalue weighted by Crippen LogP contribution is 2.38. The summed E-state index contributed by atoms with van der Waals surface area (Å²) in [6, 6.07) is 6.24. The van der Waals surface area contributed by atoms with Gasteiger partial charge < -0.3 is 14.2 Å². The van der Waals surface area contributed by atoms with Crippen molar-refractivity contribution in [1.29, 1.82) is 0 Å². The molecule has 0 amide bonds. The standard InChI is InChI=1S/C13H18O3/c1-14-10-6-4-9-5-7-11(12(9)8-10)13(15-2)16-3/h4,6,8,11,13H,5,7H2,1-3H3. The van der Waals surface area contributed by atoms with Gasteiger partial charge in [0.05, 0.1) is 7.11 Å². The predicted octanol–water partition coefficient (Wildman–Crippen LogP) is 2.34. The first-order valence-corrected chi connectivity index (χ1v) is 5.52. The zero-order valence-electron chi connectivity index (χ0n) is 10.0. The lowest BCUT2D eigenvalue weighted by molar-refractivity contribution is -0.117. The molecule has 0 radical (unpaired) electrons. The Labute approximate surface area is 96.3 Å². The van der Waals surface area contributed by atoms with E-state index in [1.807, 2.05) is 6.07 Å². The first kappa shape index (κ1) is 11.4. The molecule has 0 saturated carbocycles. The summed E-state index contributed by atoms with van der Waals surface area (Å²) >= 11 is 0. The zero-order valence-corrected chi connectivity index (χ0v) is 10.0. The normalized spacial score (nSPS) is 18.9. The molecule has 0 spiro atoms. The minimum atomic E-state index is -0.159. The molecule has 0 fully saturated rings. The van der Waals surface area contributed by atoms with E-state index in [1.165, 1.54) is 11.1 Å². The van der Waals surface area contributed by atoms with Gasteiger partial charge in [0.2, 0.25) is 0 Å². The Morgan fingerprint density at radius 1 is 1.19 bits per heavy atom. The second-order valence-corrected chi connectivity index (χ2v) is 4.05. The topological polar surface area (TPSA) is 27.7 Å². The molecule has 3 heteroatoms. The smallest absolute Gasteiger partial charge is 0.163 e. The lowest BCUT2D eigenvalue weighted by Crippen LogP contribution is -2.21. The van der Waals surface area contributed by atoms with Crippen molar-refractivity contribution in [2.75, 3.05) is 21.3 Å². The van der Waals surface area contributed by atoms with Gasteiger partial charge >= 0.3 is 0 Å². The minimum Gasteiger partial charge on any atom is -0.497 e. The lowest BCUT2D eigenvalue weighted by atomic mass is 10.0. The molecule has 0 saturated heterocycles. The van der Waals surface area contributed by atoms with Gasteiger partial charge in [0.15, 0.2) is 6.29 Å². The zero-order chi connectivity index (χ0) is 11.5. The molecule has 88 valence electrons. The number of hydrogen-bond acceptors (Lipinski definition) is 3. The van der Waals surface area contributed by atoms with Crippen LogP contribution in [0.15, 0.2) is 18.2 Å². The molecule has 0 aliphatic heterocycles. The molecule has 3 nitrogen and oxygen atoms in total. The van der Waals surface area contributed by atoms with Gasteiger partial charge in [0.1, 0.15) is 5.75 Å². The van der Waals surface area contributed by atoms with Crippen molar-refractivity contribution in [2.45, 2.75) is 25.0 Å². The van der Waals surface area contributed by atoms with Crippen molar-refractivity contribution in [3.63, 3.8) is 0 Å². The van der Waals surface area contributed by atoms with Crippen LogP contribution < -0.4 is 4.74 Å². The summed E-state index contributed by atoms with van der Waals surface area (Å²) in [7, 11) is 5.06. The van der Waals surface area contributed by atoms with Crippen LogP contribution in [0, 0.1) is 0 Å². The van der Waals surface area contributed by atoms with Crippen LogP contribution in [0.25, 0.3) is 0 Å². The third kappa shape index (κ3) is 1.93. The summed E-state index contributed by atoms with van der Waals surface area (Å²) in [5.74, 6) is 1.22. The monoisotopic (exact) mass is 222 g/mol. The summed E-state index contributed by atoms with van der Waals surface area (Å²) in [5.41, 5.74) is 2.68. The van der Waals surface area contributed by atoms with E-state index < -0.39 is 0 Å². The average molecular weight is 222 g/mol. The van der Waals surface area contributed by atoms with Gasteiger partial charge in [-0.2, -0.15) is 0 Å². The molecule has 0 aromatic heterocycles. The Bertz CT molecular complexity index is 358. The van der Waals surface area contributed by atoms with Gasteiger partial charge in [0, 0.05) is 20.1 Å². The second kappa shape index (κ2) is 4.85. The molecule has 1 aliphatic rings. The highest BCUT2D eigenvalue weighted by Gasteiger charge is 2.30. The molecule has 0 bridgehead atoms. The number of benzene rings is 1. The summed E-state index contributed by atoms with van der Waals surface area (Å²) < 4.78 is 16.0. The maximum atomic E-state index is 5.35. The van der Waals surface area contributed by atoms with E-state index in [4.69, 9.17) is 14.2 Å². The third-order valence-electron chi connectivity index (χ3n) is 3.27. The van der Waals surface area contributed by atoms with Crippen LogP contribution in [-0.2, 0) is 15.9 Å². The van der Waals surface area contributed by atoms with Gasteiger partial charge in [0.25, 0.3) is 0 Å². The minimum absolute atomic E-state index is 0.159. The Morgan fingerprint density at radius 2 is 1.94 bits per heavy atom. The number of ether oxygens (including phenoxy) is 3. The predicted molar refractivity (Wildman–Crippen MR) is 61.9 cm³/mol. The van der Waals surface area contributed by atoms with Crippen molar-refractivity contribution in [1.82, 2.24) is 0 Å². The van der Waals surface area contributed by atoms with Crippen LogP contribution in [0.3, 0.4) is 0 Å². The Morgan fingerprint density at radius 3 is 2.56 bits per heavy atom. The fraction of sp³-hybridized carbons (Fsp3) is 0.538. The highest BCUT2D eigenvalue weighted by atomic mass is 16.7. The van der Waals surface area contributed by atoms with E-state index in [0.29, 0.717) is 5.92 Å². The second-order valence-electron chi connectivity index (χ2n) is 4.05. The van der Waals surface area contributed by atoms with E-state index in [2.05, 4.69) is 12.1 Å². The largest absolute Gasteiger partial charge is 0.497 e. The van der Waals surface area contributed by atoms with Crippen LogP contribution in [-0.4, -0.2) is 27.6 Å². The van der Waals surface area contributed by atoms with Crippen molar-refractivity contribution in [3.8, 4) is 5.75 Å². The van der Waals surface area contributed by atoms with Crippen LogP contribution in [0.1, 0.15) is 23.5 Å². The summed E-state index contributed by atoms with van der Waals surface area (Å²) in [6.07, 6.45) is 2.01. The quantitative estimate of drug-likeness (QED) is 0.732. The fourth-order valence-electron chi connectivity index (χ4n) is 2.45. The maximum Gasteiger partial charge on any atom is 0.163 e. The van der Waals surface area contributed by atoms with Gasteiger partial charge in [-0.1, -0.05) is 6.07 Å². The van der Waals surface area contributed by atoms with Crippen molar-refractivity contribution in [3.05, 3.63) is 29.3 Å². The number of methoxy groups -OCH3 is 3. The molecule has 0 heterocycles. The summed E-state index contributed by atoms with van der Waals surface area (Å²) in [5, 5.41) is 0. The number of fused-ring (bicyclic) bond motifs is 1. The van der Waals surface area contributed by atoms with E-state index >= 15 is 0 Å². The third-order valence-corrected chi connectivity index (χ3v) is 3.27. The van der Waals surface area contributed by atoms with E-state index in [0.717, 1.165) is 18.6 Å². The van der Waals surface area contributed by atoms with E-state index in [-0.39, 0.29) is 6.29 Å². The molecule has 1 aromatic carbocycles. The van der Waals surface area contributed by atoms with Crippen molar-refractivity contribution >= 4 is 0 Å². The molecule has 1 atom stereocenters. The summed E-state index contributed by atoms with van der Waals surface area (Å²) in [6.45, 7) is 0. The molecule has 16 heavy (non-hydrogen) atoms. The molecular formula is C13H18O3. The van der Waals surface area contributed by atoms with Crippen molar-refractivity contribution < 1.29 is 14.2 Å². The SMILES string of the molecule is COc1ccc2c(c1)C(C(OC)OC)CC2. The van der Waals surface area contributed by atoms with Gasteiger partial charge in [-0.25, -0.2) is 0 Å². The highest BCUT2D eigenvalue weighted by molar-refractivity contribution is 5.41. The van der Waals surface area contributed by atoms with E-state index in [9.17, 15) is 0 Å². The molecule has 0 N–H and O–H groups in total. The Kier molecular flexibility index (Phi) is 3.46. The molecule has 1 aromatic rings. The first-order valence-electron chi connectivity index (χ1n) is 5.52. The fourth-order valence-corrected chi connectivity index (χ4v) is 2.45. The maximum absolute atomic E-state index is 5.35. The molecule has 1 aliphatic carbocycles. The van der Waals surface area contributed by atoms with Gasteiger partial charge in [-0.15, -0.1) is 0 Å².